The minimum Gasteiger partial charge on any atom is -0.481 e. The molecular weight excluding hydrogens is 395 g/mol. The summed E-state index contributed by atoms with van der Waals surface area (Å²) in [5.74, 6) is -0.937. The molecule has 0 saturated heterocycles. The molecule has 24 heavy (non-hydrogen) atoms. The Bertz CT molecular complexity index is 829. The maximum atomic E-state index is 13.7. The lowest BCUT2D eigenvalue weighted by Gasteiger charge is -2.09. The Morgan fingerprint density at radius 2 is 2.21 bits per heavy atom. The van der Waals surface area contributed by atoms with Crippen molar-refractivity contribution in [1.82, 2.24) is 0 Å². The molecule has 0 spiro atoms. The van der Waals surface area contributed by atoms with Gasteiger partial charge in [-0.3, -0.25) is 4.79 Å². The standard InChI is InChI=1S/C17H14BrFN2O2S/c18-10-5-6-14(13(19)7-10)23-9-16(22)21-17-12(8-20)11-3-1-2-4-15(11)24-17/h5-7H,1-4,9H2,(H,21,22). The zero-order chi connectivity index (χ0) is 17.1. The van der Waals surface area contributed by atoms with E-state index >= 15 is 0 Å². The van der Waals surface area contributed by atoms with Crippen molar-refractivity contribution in [1.29, 1.82) is 5.26 Å². The largest absolute Gasteiger partial charge is 0.481 e. The summed E-state index contributed by atoms with van der Waals surface area (Å²) in [7, 11) is 0. The number of amides is 1. The number of rotatable bonds is 4. The Morgan fingerprint density at radius 1 is 1.42 bits per heavy atom. The second-order valence-electron chi connectivity index (χ2n) is 5.44. The first kappa shape index (κ1) is 16.9. The van der Waals surface area contributed by atoms with E-state index < -0.39 is 11.7 Å². The summed E-state index contributed by atoms with van der Waals surface area (Å²) >= 11 is 4.61. The lowest BCUT2D eigenvalue weighted by Crippen LogP contribution is -2.20. The Labute approximate surface area is 151 Å². The number of anilines is 1. The molecule has 0 bridgehead atoms. The fourth-order valence-electron chi connectivity index (χ4n) is 2.67. The number of nitrogens with one attached hydrogen (secondary N) is 1. The van der Waals surface area contributed by atoms with Gasteiger partial charge in [-0.05, 0) is 49.4 Å². The number of aryl methyl sites for hydroxylation is 1. The van der Waals surface area contributed by atoms with Gasteiger partial charge in [-0.2, -0.15) is 5.26 Å². The van der Waals surface area contributed by atoms with E-state index in [1.807, 2.05) is 0 Å². The number of thiophene rings is 1. The smallest absolute Gasteiger partial charge is 0.262 e. The summed E-state index contributed by atoms with van der Waals surface area (Å²) in [6.45, 7) is -0.314. The molecule has 2 aromatic rings. The predicted molar refractivity (Wildman–Crippen MR) is 93.9 cm³/mol. The molecule has 1 aliphatic rings. The summed E-state index contributed by atoms with van der Waals surface area (Å²) in [6, 6.07) is 6.55. The predicted octanol–water partition coefficient (Wildman–Crippen LogP) is 4.42. The monoisotopic (exact) mass is 408 g/mol. The van der Waals surface area contributed by atoms with Crippen LogP contribution in [0.15, 0.2) is 22.7 Å². The van der Waals surface area contributed by atoms with E-state index in [1.54, 1.807) is 6.07 Å². The number of fused-ring (bicyclic) bond motifs is 1. The van der Waals surface area contributed by atoms with Crippen LogP contribution in [0.4, 0.5) is 9.39 Å². The third-order valence-corrected chi connectivity index (χ3v) is 5.49. The lowest BCUT2D eigenvalue weighted by molar-refractivity contribution is -0.118. The Hall–Kier alpha value is -1.91. The van der Waals surface area contributed by atoms with Gasteiger partial charge in [-0.1, -0.05) is 15.9 Å². The Balaban J connectivity index is 1.67. The number of ether oxygens (including phenoxy) is 1. The van der Waals surface area contributed by atoms with Gasteiger partial charge in [0.05, 0.1) is 5.56 Å². The molecule has 0 radical (unpaired) electrons. The third kappa shape index (κ3) is 3.60. The summed E-state index contributed by atoms with van der Waals surface area (Å²) in [5.41, 5.74) is 1.61. The Kier molecular flexibility index (Phi) is 5.17. The quantitative estimate of drug-likeness (QED) is 0.814. The molecule has 1 N–H and O–H groups in total. The number of hydrogen-bond donors (Lipinski definition) is 1. The molecule has 7 heteroatoms. The molecule has 0 fully saturated rings. The number of hydrogen-bond acceptors (Lipinski definition) is 4. The first-order chi connectivity index (χ1) is 11.6. The van der Waals surface area contributed by atoms with Crippen molar-refractivity contribution >= 4 is 38.2 Å². The van der Waals surface area contributed by atoms with E-state index in [1.165, 1.54) is 28.3 Å². The van der Waals surface area contributed by atoms with Gasteiger partial charge in [-0.25, -0.2) is 4.39 Å². The molecule has 0 saturated carbocycles. The molecule has 0 aliphatic heterocycles. The molecule has 4 nitrogen and oxygen atoms in total. The number of nitriles is 1. The summed E-state index contributed by atoms with van der Waals surface area (Å²) < 4.78 is 19.5. The van der Waals surface area contributed by atoms with Crippen LogP contribution in [-0.4, -0.2) is 12.5 Å². The van der Waals surface area contributed by atoms with Gasteiger partial charge in [0.25, 0.3) is 5.91 Å². The zero-order valence-electron chi connectivity index (χ0n) is 12.7. The molecular formula is C17H14BrFN2O2S. The fraction of sp³-hybridized carbons (Fsp3) is 0.294. The number of halogens is 2. The molecule has 1 aromatic heterocycles. The first-order valence-electron chi connectivity index (χ1n) is 7.51. The SMILES string of the molecule is N#Cc1c(NC(=O)COc2ccc(Br)cc2F)sc2c1CCCC2. The molecule has 3 rings (SSSR count). The number of carbonyl (C=O) groups is 1. The van der Waals surface area contributed by atoms with Crippen LogP contribution in [0.25, 0.3) is 0 Å². The van der Waals surface area contributed by atoms with Crippen LogP contribution < -0.4 is 10.1 Å². The highest BCUT2D eigenvalue weighted by Gasteiger charge is 2.21. The van der Waals surface area contributed by atoms with Crippen molar-refractivity contribution in [2.75, 3.05) is 11.9 Å². The van der Waals surface area contributed by atoms with Gasteiger partial charge in [0, 0.05) is 9.35 Å². The minimum absolute atomic E-state index is 0.0133. The Morgan fingerprint density at radius 3 is 2.96 bits per heavy atom. The van der Waals surface area contributed by atoms with Crippen molar-refractivity contribution < 1.29 is 13.9 Å². The van der Waals surface area contributed by atoms with Crippen molar-refractivity contribution in [3.05, 3.63) is 44.5 Å². The van der Waals surface area contributed by atoms with Gasteiger partial charge in [-0.15, -0.1) is 11.3 Å². The normalized spacial score (nSPS) is 13.0. The lowest BCUT2D eigenvalue weighted by atomic mass is 9.96. The topological polar surface area (TPSA) is 62.1 Å². The van der Waals surface area contributed by atoms with Crippen LogP contribution in [-0.2, 0) is 17.6 Å². The highest BCUT2D eigenvalue weighted by atomic mass is 79.9. The second kappa shape index (κ2) is 7.32. The van der Waals surface area contributed by atoms with Gasteiger partial charge in [0.1, 0.15) is 11.1 Å². The van der Waals surface area contributed by atoms with E-state index in [9.17, 15) is 14.4 Å². The van der Waals surface area contributed by atoms with E-state index in [-0.39, 0.29) is 12.4 Å². The van der Waals surface area contributed by atoms with Crippen LogP contribution in [0.1, 0.15) is 28.8 Å². The average Bonchev–Trinajstić information content (AvgIpc) is 2.90. The van der Waals surface area contributed by atoms with Crippen LogP contribution in [0.5, 0.6) is 5.75 Å². The van der Waals surface area contributed by atoms with Gasteiger partial charge >= 0.3 is 0 Å². The number of benzene rings is 1. The van der Waals surface area contributed by atoms with Crippen LogP contribution in [0.2, 0.25) is 0 Å². The summed E-state index contributed by atoms with van der Waals surface area (Å²) in [5, 5.41) is 12.7. The maximum absolute atomic E-state index is 13.7. The second-order valence-corrected chi connectivity index (χ2v) is 7.46. The van der Waals surface area contributed by atoms with Gasteiger partial charge in [0.15, 0.2) is 18.2 Å². The maximum Gasteiger partial charge on any atom is 0.262 e. The molecule has 1 heterocycles. The van der Waals surface area contributed by atoms with Gasteiger partial charge in [0.2, 0.25) is 0 Å². The highest BCUT2D eigenvalue weighted by Crippen LogP contribution is 2.37. The van der Waals surface area contributed by atoms with Crippen molar-refractivity contribution in [3.8, 4) is 11.8 Å². The molecule has 1 amide bonds. The first-order valence-corrected chi connectivity index (χ1v) is 9.11. The number of nitrogens with zero attached hydrogens (tertiary/aromatic N) is 1. The van der Waals surface area contributed by atoms with E-state index in [0.29, 0.717) is 15.0 Å². The van der Waals surface area contributed by atoms with Crippen LogP contribution in [0.3, 0.4) is 0 Å². The summed E-state index contributed by atoms with van der Waals surface area (Å²) in [4.78, 5) is 13.2. The molecule has 1 aromatic carbocycles. The molecule has 1 aliphatic carbocycles. The fourth-order valence-corrected chi connectivity index (χ4v) is 4.26. The van der Waals surface area contributed by atoms with E-state index in [2.05, 4.69) is 27.3 Å². The molecule has 124 valence electrons. The van der Waals surface area contributed by atoms with E-state index in [4.69, 9.17) is 4.74 Å². The van der Waals surface area contributed by atoms with Crippen molar-refractivity contribution in [2.45, 2.75) is 25.7 Å². The third-order valence-electron chi connectivity index (χ3n) is 3.79. The van der Waals surface area contributed by atoms with Gasteiger partial charge < -0.3 is 10.1 Å². The molecule has 0 unspecified atom stereocenters. The minimum atomic E-state index is -0.540. The zero-order valence-corrected chi connectivity index (χ0v) is 15.1. The van der Waals surface area contributed by atoms with E-state index in [0.717, 1.165) is 31.2 Å². The van der Waals surface area contributed by atoms with Crippen LogP contribution in [0, 0.1) is 17.1 Å². The number of carbonyl (C=O) groups excluding carboxylic acids is 1. The van der Waals surface area contributed by atoms with Crippen molar-refractivity contribution in [3.63, 3.8) is 0 Å². The highest BCUT2D eigenvalue weighted by molar-refractivity contribution is 9.10. The van der Waals surface area contributed by atoms with Crippen LogP contribution >= 0.6 is 27.3 Å². The van der Waals surface area contributed by atoms with Crippen molar-refractivity contribution in [2.24, 2.45) is 0 Å². The molecule has 0 atom stereocenters. The summed E-state index contributed by atoms with van der Waals surface area (Å²) in [6.07, 6.45) is 4.01. The average molecular weight is 409 g/mol.